The topological polar surface area (TPSA) is 63.1 Å². The van der Waals surface area contributed by atoms with Gasteiger partial charge in [-0.2, -0.15) is 0 Å². The van der Waals surface area contributed by atoms with E-state index >= 15 is 0 Å². The minimum atomic E-state index is -0.669. The highest BCUT2D eigenvalue weighted by Crippen LogP contribution is 2.45. The number of hydrogen-bond acceptors (Lipinski definition) is 3. The first-order chi connectivity index (χ1) is 19.6. The third-order valence-corrected chi connectivity index (χ3v) is 8.85. The van der Waals surface area contributed by atoms with Crippen molar-refractivity contribution >= 4 is 5.97 Å². The van der Waals surface area contributed by atoms with Crippen molar-refractivity contribution in [2.24, 2.45) is 0 Å². The third-order valence-electron chi connectivity index (χ3n) is 8.85. The summed E-state index contributed by atoms with van der Waals surface area (Å²) < 4.78 is 0. The molecule has 1 fully saturated rings. The lowest BCUT2D eigenvalue weighted by molar-refractivity contribution is -0.137. The van der Waals surface area contributed by atoms with Crippen LogP contribution in [0.25, 0.3) is 22.5 Å². The summed E-state index contributed by atoms with van der Waals surface area (Å²) in [5.41, 5.74) is 6.65. The van der Waals surface area contributed by atoms with Crippen LogP contribution in [0.5, 0.6) is 0 Å². The van der Waals surface area contributed by atoms with Gasteiger partial charge in [0.1, 0.15) is 0 Å². The molecule has 0 spiro atoms. The van der Waals surface area contributed by atoms with Crippen molar-refractivity contribution in [2.75, 3.05) is 0 Å². The Balaban J connectivity index is 1.28. The first-order valence-electron chi connectivity index (χ1n) is 15.8. The third kappa shape index (κ3) is 8.74. The highest BCUT2D eigenvalue weighted by molar-refractivity contribution is 5.68. The first-order valence-corrected chi connectivity index (χ1v) is 15.8. The van der Waals surface area contributed by atoms with Crippen molar-refractivity contribution in [1.29, 1.82) is 0 Å². The smallest absolute Gasteiger partial charge is 0.303 e. The van der Waals surface area contributed by atoms with E-state index in [4.69, 9.17) is 5.11 Å². The van der Waals surface area contributed by atoms with Crippen molar-refractivity contribution < 1.29 is 9.90 Å². The molecular weight excluding hydrogens is 492 g/mol. The van der Waals surface area contributed by atoms with Crippen LogP contribution >= 0.6 is 0 Å². The second-order valence-electron chi connectivity index (χ2n) is 11.9. The molecule has 1 N–H and O–H groups in total. The number of carbonyl (C=O) groups is 1. The predicted octanol–water partition coefficient (Wildman–Crippen LogP) is 9.95. The number of aryl methyl sites for hydroxylation is 1. The number of carboxylic acids is 1. The fraction of sp³-hybridized carbons (Fsp3) is 0.528. The Morgan fingerprint density at radius 2 is 1.27 bits per heavy atom. The summed E-state index contributed by atoms with van der Waals surface area (Å²) in [5, 5.41) is 8.76. The predicted molar refractivity (Wildman–Crippen MR) is 165 cm³/mol. The average Bonchev–Trinajstić information content (AvgIpc) is 3.47. The second kappa shape index (κ2) is 15.7. The van der Waals surface area contributed by atoms with Crippen LogP contribution < -0.4 is 0 Å². The number of unbranched alkanes of at least 4 members (excludes halogenated alkanes) is 8. The Morgan fingerprint density at radius 1 is 0.725 bits per heavy atom. The molecule has 0 bridgehead atoms. The molecule has 0 aliphatic heterocycles. The van der Waals surface area contributed by atoms with E-state index in [1.54, 1.807) is 0 Å². The van der Waals surface area contributed by atoms with E-state index in [1.807, 2.05) is 12.4 Å². The Morgan fingerprint density at radius 3 is 1.88 bits per heavy atom. The highest BCUT2D eigenvalue weighted by atomic mass is 16.4. The van der Waals surface area contributed by atoms with Gasteiger partial charge in [-0.15, -0.1) is 0 Å². The molecular formula is C36H48N2O2. The Bertz CT molecular complexity index is 1150. The first kappa shape index (κ1) is 30.0. The SMILES string of the molecule is CCCCCc1cnc(-c2ccc(-c3ccc(C4(CCCCCCCCCC(=O)O)CCCC4)cc3)cc2)nc1. The molecule has 1 aromatic heterocycles. The molecule has 4 nitrogen and oxygen atoms in total. The maximum absolute atomic E-state index is 10.6. The van der Waals surface area contributed by atoms with Crippen LogP contribution in [-0.4, -0.2) is 21.0 Å². The van der Waals surface area contributed by atoms with Crippen molar-refractivity contribution in [3.05, 3.63) is 72.1 Å². The van der Waals surface area contributed by atoms with Gasteiger partial charge in [-0.25, -0.2) is 9.97 Å². The summed E-state index contributed by atoms with van der Waals surface area (Å²) in [6.45, 7) is 2.23. The van der Waals surface area contributed by atoms with Gasteiger partial charge in [-0.1, -0.05) is 120 Å². The van der Waals surface area contributed by atoms with E-state index in [1.165, 1.54) is 106 Å². The summed E-state index contributed by atoms with van der Waals surface area (Å²) in [4.78, 5) is 19.9. The second-order valence-corrected chi connectivity index (χ2v) is 11.9. The van der Waals surface area contributed by atoms with Crippen LogP contribution in [0.1, 0.15) is 121 Å². The van der Waals surface area contributed by atoms with Crippen molar-refractivity contribution in [3.8, 4) is 22.5 Å². The van der Waals surface area contributed by atoms with Crippen LogP contribution in [0.3, 0.4) is 0 Å². The van der Waals surface area contributed by atoms with Gasteiger partial charge in [0.05, 0.1) is 0 Å². The van der Waals surface area contributed by atoms with Gasteiger partial charge in [0.25, 0.3) is 0 Å². The van der Waals surface area contributed by atoms with Gasteiger partial charge in [-0.3, -0.25) is 4.79 Å². The summed E-state index contributed by atoms with van der Waals surface area (Å²) in [5.74, 6) is 0.125. The number of nitrogens with zero attached hydrogens (tertiary/aromatic N) is 2. The molecule has 4 rings (SSSR count). The molecule has 214 valence electrons. The summed E-state index contributed by atoms with van der Waals surface area (Å²) in [6, 6.07) is 18.0. The van der Waals surface area contributed by atoms with Crippen molar-refractivity contribution in [3.63, 3.8) is 0 Å². The van der Waals surface area contributed by atoms with E-state index in [-0.39, 0.29) is 0 Å². The number of hydrogen-bond donors (Lipinski definition) is 1. The van der Waals surface area contributed by atoms with Crippen molar-refractivity contribution in [1.82, 2.24) is 9.97 Å². The summed E-state index contributed by atoms with van der Waals surface area (Å²) >= 11 is 0. The molecule has 0 radical (unpaired) electrons. The standard InChI is InChI=1S/C36H48N2O2/c1-2-3-9-14-29-27-37-35(38-28-29)32-18-16-30(17-19-32)31-20-22-33(23-21-31)36(25-12-13-26-36)24-11-8-6-4-5-7-10-15-34(39)40/h16-23,27-28H,2-15,24-26H2,1H3,(H,39,40). The molecule has 4 heteroatoms. The van der Waals surface area contributed by atoms with Gasteiger partial charge in [0, 0.05) is 24.4 Å². The molecule has 0 atom stereocenters. The molecule has 1 heterocycles. The number of aromatic nitrogens is 2. The van der Waals surface area contributed by atoms with Crippen LogP contribution in [-0.2, 0) is 16.6 Å². The van der Waals surface area contributed by atoms with Crippen molar-refractivity contribution in [2.45, 2.75) is 121 Å². The van der Waals surface area contributed by atoms with Gasteiger partial charge in [0.2, 0.25) is 0 Å². The lowest BCUT2D eigenvalue weighted by Gasteiger charge is -2.30. The average molecular weight is 541 g/mol. The molecule has 0 saturated heterocycles. The Kier molecular flexibility index (Phi) is 11.8. The quantitative estimate of drug-likeness (QED) is 0.173. The largest absolute Gasteiger partial charge is 0.481 e. The fourth-order valence-electron chi connectivity index (χ4n) is 6.40. The van der Waals surface area contributed by atoms with E-state index in [9.17, 15) is 4.79 Å². The number of carboxylic acid groups (broad SMARTS) is 1. The highest BCUT2D eigenvalue weighted by Gasteiger charge is 2.34. The number of aliphatic carboxylic acids is 1. The molecule has 3 aromatic rings. The molecule has 1 aliphatic rings. The van der Waals surface area contributed by atoms with Crippen LogP contribution in [0, 0.1) is 0 Å². The van der Waals surface area contributed by atoms with E-state index < -0.39 is 5.97 Å². The molecule has 0 unspecified atom stereocenters. The Labute approximate surface area is 241 Å². The Hall–Kier alpha value is -3.01. The normalized spacial score (nSPS) is 14.4. The molecule has 2 aromatic carbocycles. The van der Waals surface area contributed by atoms with Gasteiger partial charge >= 0.3 is 5.97 Å². The lowest BCUT2D eigenvalue weighted by Crippen LogP contribution is -2.21. The lowest BCUT2D eigenvalue weighted by atomic mass is 9.74. The molecule has 40 heavy (non-hydrogen) atoms. The summed E-state index contributed by atoms with van der Waals surface area (Å²) in [7, 11) is 0. The monoisotopic (exact) mass is 540 g/mol. The van der Waals surface area contributed by atoms with Gasteiger partial charge < -0.3 is 5.11 Å². The van der Waals surface area contributed by atoms with Gasteiger partial charge in [0.15, 0.2) is 5.82 Å². The van der Waals surface area contributed by atoms with Crippen LogP contribution in [0.2, 0.25) is 0 Å². The molecule has 0 amide bonds. The van der Waals surface area contributed by atoms with E-state index in [0.717, 1.165) is 30.7 Å². The number of benzene rings is 2. The maximum atomic E-state index is 10.6. The molecule has 1 aliphatic carbocycles. The molecule has 1 saturated carbocycles. The number of rotatable bonds is 17. The maximum Gasteiger partial charge on any atom is 0.303 e. The summed E-state index contributed by atoms with van der Waals surface area (Å²) in [6.07, 6.45) is 23.7. The zero-order valence-electron chi connectivity index (χ0n) is 24.5. The zero-order valence-corrected chi connectivity index (χ0v) is 24.5. The minimum absolute atomic E-state index is 0.315. The fourth-order valence-corrected chi connectivity index (χ4v) is 6.40. The zero-order chi connectivity index (χ0) is 28.0. The van der Waals surface area contributed by atoms with Crippen LogP contribution in [0.4, 0.5) is 0 Å². The van der Waals surface area contributed by atoms with Gasteiger partial charge in [-0.05, 0) is 66.2 Å². The van der Waals surface area contributed by atoms with Crippen LogP contribution in [0.15, 0.2) is 60.9 Å². The van der Waals surface area contributed by atoms with E-state index in [2.05, 4.69) is 65.4 Å². The van der Waals surface area contributed by atoms with E-state index in [0.29, 0.717) is 11.8 Å². The minimum Gasteiger partial charge on any atom is -0.481 e.